The summed E-state index contributed by atoms with van der Waals surface area (Å²) in [5.74, 6) is -0.228. The van der Waals surface area contributed by atoms with E-state index in [1.807, 2.05) is 29.3 Å². The van der Waals surface area contributed by atoms with Crippen LogP contribution in [-0.2, 0) is 0 Å². The van der Waals surface area contributed by atoms with Gasteiger partial charge in [-0.05, 0) is 42.0 Å². The maximum atomic E-state index is 12.8. The Bertz CT molecular complexity index is 632. The summed E-state index contributed by atoms with van der Waals surface area (Å²) in [7, 11) is 0. The zero-order valence-corrected chi connectivity index (χ0v) is 12.9. The molecule has 0 radical (unpaired) electrons. The fourth-order valence-corrected chi connectivity index (χ4v) is 2.54. The van der Waals surface area contributed by atoms with Crippen LogP contribution in [0.25, 0.3) is 0 Å². The molecule has 1 saturated heterocycles. The molecule has 1 fully saturated rings. The highest BCUT2D eigenvalue weighted by Gasteiger charge is 2.15. The van der Waals surface area contributed by atoms with Crippen molar-refractivity contribution in [3.05, 3.63) is 64.9 Å². The van der Waals surface area contributed by atoms with Crippen LogP contribution in [0.4, 0.5) is 10.1 Å². The molecule has 1 aliphatic heterocycles. The summed E-state index contributed by atoms with van der Waals surface area (Å²) in [6.45, 7) is 3.56. The van der Waals surface area contributed by atoms with Crippen molar-refractivity contribution in [2.24, 2.45) is 5.10 Å². The molecule has 0 aliphatic carbocycles. The third-order valence-corrected chi connectivity index (χ3v) is 3.94. The first-order chi connectivity index (χ1) is 10.7. The van der Waals surface area contributed by atoms with Crippen molar-refractivity contribution in [3.8, 4) is 0 Å². The predicted molar refractivity (Wildman–Crippen MR) is 89.2 cm³/mol. The number of anilines is 1. The molecule has 114 valence electrons. The summed E-state index contributed by atoms with van der Waals surface area (Å²) >= 11 is 5.91. The molecule has 0 bridgehead atoms. The van der Waals surface area contributed by atoms with Crippen molar-refractivity contribution >= 4 is 23.5 Å². The van der Waals surface area contributed by atoms with E-state index in [2.05, 4.69) is 10.0 Å². The van der Waals surface area contributed by atoms with Gasteiger partial charge in [0.2, 0.25) is 0 Å². The van der Waals surface area contributed by atoms with Crippen LogP contribution in [0.1, 0.15) is 5.56 Å². The van der Waals surface area contributed by atoms with E-state index in [1.165, 1.54) is 17.8 Å². The van der Waals surface area contributed by atoms with Crippen LogP contribution in [0.5, 0.6) is 0 Å². The maximum Gasteiger partial charge on any atom is 0.123 e. The van der Waals surface area contributed by atoms with E-state index < -0.39 is 0 Å². The van der Waals surface area contributed by atoms with Gasteiger partial charge in [-0.3, -0.25) is 5.01 Å². The molecular weight excluding hydrogens is 301 g/mol. The molecule has 2 aromatic rings. The molecule has 0 atom stereocenters. The van der Waals surface area contributed by atoms with E-state index in [9.17, 15) is 4.39 Å². The van der Waals surface area contributed by atoms with Crippen LogP contribution < -0.4 is 4.90 Å². The summed E-state index contributed by atoms with van der Waals surface area (Å²) in [6, 6.07) is 14.2. The molecule has 3 nitrogen and oxygen atoms in total. The van der Waals surface area contributed by atoms with Crippen LogP contribution >= 0.6 is 11.6 Å². The molecule has 0 unspecified atom stereocenters. The minimum absolute atomic E-state index is 0.228. The van der Waals surface area contributed by atoms with Crippen LogP contribution in [-0.4, -0.2) is 37.4 Å². The number of hydrazone groups is 1. The van der Waals surface area contributed by atoms with Gasteiger partial charge >= 0.3 is 0 Å². The van der Waals surface area contributed by atoms with E-state index in [0.717, 1.165) is 36.8 Å². The predicted octanol–water partition coefficient (Wildman–Crippen LogP) is 3.64. The summed E-state index contributed by atoms with van der Waals surface area (Å²) in [6.07, 6.45) is 1.78. The van der Waals surface area contributed by atoms with Gasteiger partial charge in [-0.2, -0.15) is 5.10 Å². The van der Waals surface area contributed by atoms with E-state index in [0.29, 0.717) is 0 Å². The van der Waals surface area contributed by atoms with Gasteiger partial charge in [0.25, 0.3) is 0 Å². The molecule has 1 heterocycles. The fourth-order valence-electron chi connectivity index (χ4n) is 2.42. The van der Waals surface area contributed by atoms with Crippen molar-refractivity contribution in [1.29, 1.82) is 0 Å². The second-order valence-corrected chi connectivity index (χ2v) is 5.65. The van der Waals surface area contributed by atoms with Crippen LogP contribution in [0.3, 0.4) is 0 Å². The lowest BCUT2D eigenvalue weighted by atomic mass is 10.2. The highest BCUT2D eigenvalue weighted by molar-refractivity contribution is 6.30. The van der Waals surface area contributed by atoms with Gasteiger partial charge in [-0.25, -0.2) is 4.39 Å². The van der Waals surface area contributed by atoms with Gasteiger partial charge in [-0.1, -0.05) is 23.7 Å². The van der Waals surface area contributed by atoms with Crippen LogP contribution in [0, 0.1) is 5.82 Å². The molecular formula is C17H17ClFN3. The molecule has 5 heteroatoms. The van der Waals surface area contributed by atoms with Gasteiger partial charge in [0.15, 0.2) is 0 Å². The molecule has 0 spiro atoms. The van der Waals surface area contributed by atoms with Crippen LogP contribution in [0.2, 0.25) is 5.02 Å². The highest BCUT2D eigenvalue weighted by atomic mass is 35.5. The number of piperazine rings is 1. The van der Waals surface area contributed by atoms with Crippen molar-refractivity contribution < 1.29 is 4.39 Å². The topological polar surface area (TPSA) is 18.8 Å². The zero-order valence-electron chi connectivity index (χ0n) is 12.1. The SMILES string of the molecule is Fc1ccc(/C=N/N2CCN(c3ccc(Cl)cc3)CC2)cc1. The normalized spacial score (nSPS) is 15.5. The summed E-state index contributed by atoms with van der Waals surface area (Å²) in [4.78, 5) is 2.32. The minimum atomic E-state index is -0.228. The Labute approximate surface area is 134 Å². The first-order valence-electron chi connectivity index (χ1n) is 7.26. The number of hydrogen-bond donors (Lipinski definition) is 0. The van der Waals surface area contributed by atoms with Crippen molar-refractivity contribution in [1.82, 2.24) is 5.01 Å². The average molecular weight is 318 g/mol. The molecule has 0 aromatic heterocycles. The standard InChI is InChI=1S/C17H17ClFN3/c18-15-3-7-17(8-4-15)21-9-11-22(12-10-21)20-13-14-1-5-16(19)6-2-14/h1-8,13H,9-12H2/b20-13+. The summed E-state index contributed by atoms with van der Waals surface area (Å²) in [5, 5.41) is 7.26. The second kappa shape index (κ2) is 6.79. The molecule has 1 aliphatic rings. The number of rotatable bonds is 3. The van der Waals surface area contributed by atoms with Gasteiger partial charge in [0.1, 0.15) is 5.82 Å². The lowest BCUT2D eigenvalue weighted by Gasteiger charge is -2.34. The Morgan fingerprint density at radius 2 is 1.55 bits per heavy atom. The van der Waals surface area contributed by atoms with E-state index in [-0.39, 0.29) is 5.82 Å². The molecule has 0 N–H and O–H groups in total. The summed E-state index contributed by atoms with van der Waals surface area (Å²) in [5.41, 5.74) is 2.09. The Morgan fingerprint density at radius 1 is 0.909 bits per heavy atom. The molecule has 3 rings (SSSR count). The first-order valence-corrected chi connectivity index (χ1v) is 7.63. The van der Waals surface area contributed by atoms with E-state index in [4.69, 9.17) is 11.6 Å². The summed E-state index contributed by atoms with van der Waals surface area (Å²) < 4.78 is 12.8. The van der Waals surface area contributed by atoms with Gasteiger partial charge in [-0.15, -0.1) is 0 Å². The van der Waals surface area contributed by atoms with Crippen molar-refractivity contribution in [2.75, 3.05) is 31.1 Å². The Balaban J connectivity index is 1.55. The molecule has 2 aromatic carbocycles. The lowest BCUT2D eigenvalue weighted by molar-refractivity contribution is 0.272. The quantitative estimate of drug-likeness (QED) is 0.805. The fraction of sp³-hybridized carbons (Fsp3) is 0.235. The third kappa shape index (κ3) is 3.77. The largest absolute Gasteiger partial charge is 0.368 e. The highest BCUT2D eigenvalue weighted by Crippen LogP contribution is 2.19. The average Bonchev–Trinajstić information content (AvgIpc) is 2.56. The van der Waals surface area contributed by atoms with Gasteiger partial charge < -0.3 is 4.90 Å². The number of nitrogens with zero attached hydrogens (tertiary/aromatic N) is 3. The van der Waals surface area contributed by atoms with Crippen LogP contribution in [0.15, 0.2) is 53.6 Å². The van der Waals surface area contributed by atoms with Gasteiger partial charge in [0, 0.05) is 23.8 Å². The Morgan fingerprint density at radius 3 is 2.18 bits per heavy atom. The molecule has 0 saturated carbocycles. The number of benzene rings is 2. The molecule has 0 amide bonds. The smallest absolute Gasteiger partial charge is 0.123 e. The molecule has 22 heavy (non-hydrogen) atoms. The second-order valence-electron chi connectivity index (χ2n) is 5.21. The maximum absolute atomic E-state index is 12.8. The zero-order chi connectivity index (χ0) is 15.4. The van der Waals surface area contributed by atoms with E-state index >= 15 is 0 Å². The number of halogens is 2. The third-order valence-electron chi connectivity index (χ3n) is 3.69. The first kappa shape index (κ1) is 14.9. The number of hydrogen-bond acceptors (Lipinski definition) is 3. The lowest BCUT2D eigenvalue weighted by Crippen LogP contribution is -2.44. The Kier molecular flexibility index (Phi) is 4.59. The van der Waals surface area contributed by atoms with Crippen molar-refractivity contribution in [2.45, 2.75) is 0 Å². The Hall–Kier alpha value is -2.07. The monoisotopic (exact) mass is 317 g/mol. The van der Waals surface area contributed by atoms with Crippen molar-refractivity contribution in [3.63, 3.8) is 0 Å². The minimum Gasteiger partial charge on any atom is -0.368 e. The van der Waals surface area contributed by atoms with E-state index in [1.54, 1.807) is 18.3 Å². The van der Waals surface area contributed by atoms with Gasteiger partial charge in [0.05, 0.1) is 19.3 Å².